The third-order valence-electron chi connectivity index (χ3n) is 4.87. The molecule has 1 aliphatic rings. The lowest BCUT2D eigenvalue weighted by Gasteiger charge is -2.15. The molecule has 1 N–H and O–H groups in total. The van der Waals surface area contributed by atoms with Crippen molar-refractivity contribution in [1.29, 1.82) is 0 Å². The molecule has 0 aliphatic heterocycles. The van der Waals surface area contributed by atoms with Crippen molar-refractivity contribution < 1.29 is 22.0 Å². The molecule has 0 radical (unpaired) electrons. The highest BCUT2D eigenvalue weighted by molar-refractivity contribution is 5.78. The van der Waals surface area contributed by atoms with Crippen LogP contribution in [0.5, 0.6) is 0 Å². The SMILES string of the molecule is CC(c1ccc(C(F)(F)F)cc1)n1nc(C(F)F)c2c(=O)[nH]c(C3CC3)nc21. The standard InChI is InChI=1S/C18H15F5N4O/c1-8(9-4-6-11(7-5-9)18(21,22)23)27-16-12(13(26-27)14(19)20)17(28)25-15(24-16)10-2-3-10/h4-8,10,14H,2-3H2,1H3,(H,24,25,28). The van der Waals surface area contributed by atoms with E-state index in [0.29, 0.717) is 11.4 Å². The summed E-state index contributed by atoms with van der Waals surface area (Å²) in [5.41, 5.74) is -1.76. The van der Waals surface area contributed by atoms with Crippen LogP contribution < -0.4 is 5.56 Å². The molecule has 1 saturated carbocycles. The Hall–Kier alpha value is -2.78. The zero-order valence-corrected chi connectivity index (χ0v) is 14.6. The lowest BCUT2D eigenvalue weighted by atomic mass is 10.1. The fourth-order valence-corrected chi connectivity index (χ4v) is 3.15. The summed E-state index contributed by atoms with van der Waals surface area (Å²) in [7, 11) is 0. The van der Waals surface area contributed by atoms with E-state index in [1.54, 1.807) is 6.92 Å². The Morgan fingerprint density at radius 3 is 2.36 bits per heavy atom. The van der Waals surface area contributed by atoms with Crippen LogP contribution in [0.15, 0.2) is 29.1 Å². The van der Waals surface area contributed by atoms with Crippen molar-refractivity contribution in [1.82, 2.24) is 19.7 Å². The van der Waals surface area contributed by atoms with E-state index in [4.69, 9.17) is 0 Å². The van der Waals surface area contributed by atoms with Crippen LogP contribution in [0, 0.1) is 0 Å². The third kappa shape index (κ3) is 3.16. The number of alkyl halides is 5. The quantitative estimate of drug-likeness (QED) is 0.656. The van der Waals surface area contributed by atoms with Crippen LogP contribution in [0.2, 0.25) is 0 Å². The first-order chi connectivity index (χ1) is 13.2. The Balaban J connectivity index is 1.84. The lowest BCUT2D eigenvalue weighted by Crippen LogP contribution is -2.14. The molecule has 1 aliphatic carbocycles. The van der Waals surface area contributed by atoms with Gasteiger partial charge in [0.25, 0.3) is 12.0 Å². The highest BCUT2D eigenvalue weighted by Gasteiger charge is 2.32. The van der Waals surface area contributed by atoms with Crippen LogP contribution >= 0.6 is 0 Å². The van der Waals surface area contributed by atoms with Gasteiger partial charge in [0.05, 0.1) is 11.6 Å². The zero-order chi connectivity index (χ0) is 20.2. The van der Waals surface area contributed by atoms with Gasteiger partial charge in [-0.15, -0.1) is 0 Å². The molecule has 0 bridgehead atoms. The largest absolute Gasteiger partial charge is 0.416 e. The summed E-state index contributed by atoms with van der Waals surface area (Å²) in [6, 6.07) is 3.66. The van der Waals surface area contributed by atoms with Crippen LogP contribution in [-0.4, -0.2) is 19.7 Å². The molecule has 2 aromatic heterocycles. The smallest absolute Gasteiger partial charge is 0.310 e. The second kappa shape index (κ2) is 6.39. The normalized spacial score (nSPS) is 16.1. The van der Waals surface area contributed by atoms with E-state index in [9.17, 15) is 26.7 Å². The van der Waals surface area contributed by atoms with Gasteiger partial charge in [-0.1, -0.05) is 12.1 Å². The van der Waals surface area contributed by atoms with E-state index in [1.807, 2.05) is 0 Å². The third-order valence-corrected chi connectivity index (χ3v) is 4.87. The van der Waals surface area contributed by atoms with Crippen LogP contribution in [-0.2, 0) is 6.18 Å². The minimum absolute atomic E-state index is 0.00773. The molecular weight excluding hydrogens is 383 g/mol. The van der Waals surface area contributed by atoms with Gasteiger partial charge in [-0.3, -0.25) is 4.79 Å². The summed E-state index contributed by atoms with van der Waals surface area (Å²) in [6.07, 6.45) is -5.77. The van der Waals surface area contributed by atoms with Gasteiger partial charge in [0, 0.05) is 5.92 Å². The Bertz CT molecular complexity index is 1080. The summed E-state index contributed by atoms with van der Waals surface area (Å²) >= 11 is 0. The van der Waals surface area contributed by atoms with E-state index in [1.165, 1.54) is 16.8 Å². The maximum Gasteiger partial charge on any atom is 0.416 e. The second-order valence-electron chi connectivity index (χ2n) is 6.85. The first-order valence-electron chi connectivity index (χ1n) is 8.64. The Kier molecular flexibility index (Phi) is 4.24. The predicted molar refractivity (Wildman–Crippen MR) is 90.3 cm³/mol. The predicted octanol–water partition coefficient (Wildman–Crippen LogP) is 4.56. The molecule has 4 rings (SSSR count). The minimum Gasteiger partial charge on any atom is -0.310 e. The highest BCUT2D eigenvalue weighted by atomic mass is 19.4. The molecule has 10 heteroatoms. The van der Waals surface area contributed by atoms with Gasteiger partial charge in [0.15, 0.2) is 5.65 Å². The fraction of sp³-hybridized carbons (Fsp3) is 0.389. The molecule has 3 aromatic rings. The summed E-state index contributed by atoms with van der Waals surface area (Å²) in [6.45, 7) is 1.60. The Morgan fingerprint density at radius 1 is 1.18 bits per heavy atom. The Morgan fingerprint density at radius 2 is 1.82 bits per heavy atom. The van der Waals surface area contributed by atoms with Gasteiger partial charge in [-0.25, -0.2) is 18.4 Å². The molecular formula is C18H15F5N4O. The first-order valence-corrected chi connectivity index (χ1v) is 8.64. The molecule has 28 heavy (non-hydrogen) atoms. The van der Waals surface area contributed by atoms with Crippen LogP contribution in [0.3, 0.4) is 0 Å². The van der Waals surface area contributed by atoms with E-state index in [0.717, 1.165) is 25.0 Å². The number of aromatic amines is 1. The number of rotatable bonds is 4. The van der Waals surface area contributed by atoms with Crippen molar-refractivity contribution in [3.63, 3.8) is 0 Å². The van der Waals surface area contributed by atoms with E-state index < -0.39 is 35.5 Å². The fourth-order valence-electron chi connectivity index (χ4n) is 3.15. The second-order valence-corrected chi connectivity index (χ2v) is 6.85. The molecule has 1 fully saturated rings. The maximum atomic E-state index is 13.4. The van der Waals surface area contributed by atoms with Gasteiger partial charge in [-0.05, 0) is 37.5 Å². The summed E-state index contributed by atoms with van der Waals surface area (Å²) in [4.78, 5) is 19.3. The van der Waals surface area contributed by atoms with Gasteiger partial charge in [0.2, 0.25) is 0 Å². The summed E-state index contributed by atoms with van der Waals surface area (Å²) in [5, 5.41) is 3.59. The summed E-state index contributed by atoms with van der Waals surface area (Å²) < 4.78 is 66.3. The number of hydrogen-bond acceptors (Lipinski definition) is 3. The summed E-state index contributed by atoms with van der Waals surface area (Å²) in [5.74, 6) is 0.496. The highest BCUT2D eigenvalue weighted by Crippen LogP contribution is 2.38. The van der Waals surface area contributed by atoms with Gasteiger partial charge < -0.3 is 4.98 Å². The number of fused-ring (bicyclic) bond motifs is 1. The van der Waals surface area contributed by atoms with Crippen molar-refractivity contribution in [2.75, 3.05) is 0 Å². The molecule has 148 valence electrons. The van der Waals surface area contributed by atoms with Gasteiger partial charge in [0.1, 0.15) is 16.9 Å². The number of halogens is 5. The number of nitrogens with one attached hydrogen (secondary N) is 1. The van der Waals surface area contributed by atoms with Crippen LogP contribution in [0.25, 0.3) is 11.0 Å². The van der Waals surface area contributed by atoms with E-state index in [2.05, 4.69) is 15.1 Å². The van der Waals surface area contributed by atoms with E-state index in [-0.39, 0.29) is 17.0 Å². The van der Waals surface area contributed by atoms with Crippen molar-refractivity contribution >= 4 is 11.0 Å². The van der Waals surface area contributed by atoms with Crippen molar-refractivity contribution in [3.05, 3.63) is 57.3 Å². The topological polar surface area (TPSA) is 63.6 Å². The molecule has 0 saturated heterocycles. The van der Waals surface area contributed by atoms with Crippen molar-refractivity contribution in [2.24, 2.45) is 0 Å². The Labute approximate surface area is 155 Å². The number of H-pyrrole nitrogens is 1. The average molecular weight is 398 g/mol. The molecule has 1 aromatic carbocycles. The maximum absolute atomic E-state index is 13.4. The van der Waals surface area contributed by atoms with Crippen LogP contribution in [0.1, 0.15) is 60.8 Å². The molecule has 0 spiro atoms. The number of benzene rings is 1. The monoisotopic (exact) mass is 398 g/mol. The number of hydrogen-bond donors (Lipinski definition) is 1. The molecule has 1 atom stereocenters. The van der Waals surface area contributed by atoms with Gasteiger partial charge >= 0.3 is 6.18 Å². The van der Waals surface area contributed by atoms with Crippen LogP contribution in [0.4, 0.5) is 22.0 Å². The van der Waals surface area contributed by atoms with Gasteiger partial charge in [-0.2, -0.15) is 18.3 Å². The lowest BCUT2D eigenvalue weighted by molar-refractivity contribution is -0.137. The van der Waals surface area contributed by atoms with Crippen molar-refractivity contribution in [3.8, 4) is 0 Å². The van der Waals surface area contributed by atoms with Crippen molar-refractivity contribution in [2.45, 2.75) is 44.3 Å². The zero-order valence-electron chi connectivity index (χ0n) is 14.6. The molecule has 1 unspecified atom stereocenters. The number of aromatic nitrogens is 4. The number of nitrogens with zero attached hydrogens (tertiary/aromatic N) is 3. The average Bonchev–Trinajstić information content (AvgIpc) is 3.41. The molecule has 0 amide bonds. The molecule has 2 heterocycles. The first kappa shape index (κ1) is 18.6. The minimum atomic E-state index is -4.48. The van der Waals surface area contributed by atoms with E-state index >= 15 is 0 Å². The molecule has 5 nitrogen and oxygen atoms in total.